The molecule has 0 aromatic heterocycles. The van der Waals surface area contributed by atoms with Crippen LogP contribution in [0.25, 0.3) is 6.08 Å². The number of carbonyl (C=O) groups is 1. The van der Waals surface area contributed by atoms with Crippen LogP contribution in [0.5, 0.6) is 11.5 Å². The van der Waals surface area contributed by atoms with Gasteiger partial charge in [0, 0.05) is 10.5 Å². The third kappa shape index (κ3) is 4.98. The molecule has 0 aliphatic carbocycles. The van der Waals surface area contributed by atoms with Crippen LogP contribution in [-0.2, 0) is 4.79 Å². The van der Waals surface area contributed by atoms with Crippen LogP contribution >= 0.6 is 39.9 Å². The van der Waals surface area contributed by atoms with Gasteiger partial charge in [-0.25, -0.2) is 0 Å². The lowest BCUT2D eigenvalue weighted by molar-refractivity contribution is -0.394. The summed E-state index contributed by atoms with van der Waals surface area (Å²) in [5.74, 6) is -0.155. The minimum atomic E-state index is -0.750. The van der Waals surface area contributed by atoms with E-state index in [4.69, 9.17) is 17.0 Å². The van der Waals surface area contributed by atoms with Crippen molar-refractivity contribution in [3.63, 3.8) is 0 Å². The summed E-state index contributed by atoms with van der Waals surface area (Å²) in [6, 6.07) is 16.9. The van der Waals surface area contributed by atoms with Gasteiger partial charge in [-0.15, -0.1) is 0 Å². The summed E-state index contributed by atoms with van der Waals surface area (Å²) in [4.78, 5) is 35.6. The number of rotatable bonds is 6. The number of benzene rings is 3. The molecule has 0 atom stereocenters. The van der Waals surface area contributed by atoms with Gasteiger partial charge in [0.25, 0.3) is 11.6 Å². The maximum absolute atomic E-state index is 13.0. The molecule has 1 heterocycles. The quantitative estimate of drug-likeness (QED) is 0.146. The summed E-state index contributed by atoms with van der Waals surface area (Å²) in [5.41, 5.74) is 0.311. The molecule has 1 aliphatic rings. The molecule has 1 saturated heterocycles. The third-order valence-electron chi connectivity index (χ3n) is 4.61. The van der Waals surface area contributed by atoms with Crippen LogP contribution < -0.4 is 9.64 Å². The number of ether oxygens (including phenoxy) is 1. The third-order valence-corrected chi connectivity index (χ3v) is 6.44. The molecule has 1 fully saturated rings. The molecule has 0 bridgehead atoms. The highest BCUT2D eigenvalue weighted by molar-refractivity contribution is 9.10. The van der Waals surface area contributed by atoms with Gasteiger partial charge in [0.05, 0.1) is 26.5 Å². The molecule has 1 amide bonds. The molecule has 4 rings (SSSR count). The number of thiocarbonyl (C=S) groups is 1. The Morgan fingerprint density at radius 3 is 2.41 bits per heavy atom. The van der Waals surface area contributed by atoms with Gasteiger partial charge in [0.2, 0.25) is 5.75 Å². The van der Waals surface area contributed by atoms with E-state index in [0.717, 1.165) is 28.4 Å². The van der Waals surface area contributed by atoms with Crippen LogP contribution in [0.15, 0.2) is 76.1 Å². The fourth-order valence-electron chi connectivity index (χ4n) is 3.07. The number of thioether (sulfide) groups is 1. The Morgan fingerprint density at radius 2 is 1.74 bits per heavy atom. The summed E-state index contributed by atoms with van der Waals surface area (Å²) < 4.78 is 6.91. The summed E-state index contributed by atoms with van der Waals surface area (Å²) >= 11 is 9.91. The lowest BCUT2D eigenvalue weighted by Gasteiger charge is -2.14. The lowest BCUT2D eigenvalue weighted by atomic mass is 10.2. The minimum absolute atomic E-state index is 0.144. The van der Waals surface area contributed by atoms with Gasteiger partial charge >= 0.3 is 5.69 Å². The van der Waals surface area contributed by atoms with Crippen molar-refractivity contribution in [2.24, 2.45) is 0 Å². The van der Waals surface area contributed by atoms with E-state index in [1.54, 1.807) is 42.5 Å². The molecule has 170 valence electrons. The number of halogens is 1. The molecule has 34 heavy (non-hydrogen) atoms. The summed E-state index contributed by atoms with van der Waals surface area (Å²) in [7, 11) is 0. The van der Waals surface area contributed by atoms with Crippen molar-refractivity contribution in [2.75, 3.05) is 4.90 Å². The molecule has 9 nitrogen and oxygen atoms in total. The number of nitrogens with zero attached hydrogens (tertiary/aromatic N) is 3. The zero-order valence-corrected chi connectivity index (χ0v) is 20.1. The number of amides is 1. The lowest BCUT2D eigenvalue weighted by Crippen LogP contribution is -2.27. The first kappa shape index (κ1) is 23.5. The number of hydrogen-bond acceptors (Lipinski definition) is 8. The summed E-state index contributed by atoms with van der Waals surface area (Å²) in [5, 5.41) is 22.3. The number of carbonyl (C=O) groups excluding carboxylic acids is 1. The largest absolute Gasteiger partial charge is 0.450 e. The van der Waals surface area contributed by atoms with Gasteiger partial charge in [-0.3, -0.25) is 29.9 Å². The van der Waals surface area contributed by atoms with Crippen molar-refractivity contribution in [3.05, 3.63) is 102 Å². The molecule has 0 radical (unpaired) electrons. The normalized spacial score (nSPS) is 14.5. The second kappa shape index (κ2) is 9.71. The Hall–Kier alpha value is -3.61. The molecular weight excluding hydrogens is 546 g/mol. The van der Waals surface area contributed by atoms with Crippen LogP contribution in [0, 0.1) is 20.2 Å². The first-order valence-electron chi connectivity index (χ1n) is 9.47. The zero-order chi connectivity index (χ0) is 24.4. The van der Waals surface area contributed by atoms with Gasteiger partial charge in [-0.05, 0) is 54.1 Å². The molecule has 0 N–H and O–H groups in total. The van der Waals surface area contributed by atoms with Crippen LogP contribution in [0.2, 0.25) is 0 Å². The molecule has 0 unspecified atom stereocenters. The minimum Gasteiger partial charge on any atom is -0.450 e. The Morgan fingerprint density at radius 1 is 1.00 bits per heavy atom. The highest BCUT2D eigenvalue weighted by Crippen LogP contribution is 2.38. The fourth-order valence-corrected chi connectivity index (χ4v) is 4.64. The number of nitro benzene ring substituents is 2. The summed E-state index contributed by atoms with van der Waals surface area (Å²) in [6.07, 6.45) is 1.65. The van der Waals surface area contributed by atoms with E-state index in [2.05, 4.69) is 15.9 Å². The first-order valence-corrected chi connectivity index (χ1v) is 11.5. The van der Waals surface area contributed by atoms with E-state index >= 15 is 0 Å². The van der Waals surface area contributed by atoms with Crippen molar-refractivity contribution < 1.29 is 19.4 Å². The van der Waals surface area contributed by atoms with E-state index in [0.29, 0.717) is 20.5 Å². The number of anilines is 1. The second-order valence-corrected chi connectivity index (χ2v) is 9.43. The van der Waals surface area contributed by atoms with Crippen molar-refractivity contribution in [1.29, 1.82) is 0 Å². The molecule has 12 heteroatoms. The maximum atomic E-state index is 13.0. The SMILES string of the molecule is O=C1/C(=C\c2cccc(Oc3ccc([N+](=O)[O-])cc3[N+](=O)[O-])c2)SC(=S)N1c1ccc(Br)cc1. The highest BCUT2D eigenvalue weighted by atomic mass is 79.9. The Bertz CT molecular complexity index is 1380. The Balaban J connectivity index is 1.59. The predicted octanol–water partition coefficient (Wildman–Crippen LogP) is 6.46. The number of nitro groups is 2. The Labute approximate surface area is 210 Å². The maximum Gasteiger partial charge on any atom is 0.318 e. The van der Waals surface area contributed by atoms with E-state index in [-0.39, 0.29) is 17.4 Å². The summed E-state index contributed by atoms with van der Waals surface area (Å²) in [6.45, 7) is 0. The first-order chi connectivity index (χ1) is 16.2. The average molecular weight is 558 g/mol. The van der Waals surface area contributed by atoms with E-state index in [1.165, 1.54) is 11.0 Å². The fraction of sp³-hybridized carbons (Fsp3) is 0. The Kier molecular flexibility index (Phi) is 6.72. The zero-order valence-electron chi connectivity index (χ0n) is 16.9. The van der Waals surface area contributed by atoms with Gasteiger partial charge in [0.1, 0.15) is 5.75 Å². The van der Waals surface area contributed by atoms with Gasteiger partial charge in [-0.2, -0.15) is 0 Å². The molecule has 1 aliphatic heterocycles. The van der Waals surface area contributed by atoms with Crippen LogP contribution in [0.3, 0.4) is 0 Å². The van der Waals surface area contributed by atoms with Crippen molar-refractivity contribution in [3.8, 4) is 11.5 Å². The standard InChI is InChI=1S/C22H12BrN3O6S2/c23-14-4-6-15(7-5-14)24-21(27)20(34-22(24)33)11-13-2-1-3-17(10-13)32-19-9-8-16(25(28)29)12-18(19)26(30)31/h1-12H/b20-11+. The van der Waals surface area contributed by atoms with Crippen molar-refractivity contribution >= 4 is 73.3 Å². The molecule has 3 aromatic carbocycles. The van der Waals surface area contributed by atoms with Gasteiger partial charge in [0.15, 0.2) is 4.32 Å². The smallest absolute Gasteiger partial charge is 0.318 e. The molecule has 0 saturated carbocycles. The second-order valence-electron chi connectivity index (χ2n) is 6.83. The molecular formula is C22H12BrN3O6S2. The average Bonchev–Trinajstić information content (AvgIpc) is 3.07. The van der Waals surface area contributed by atoms with Gasteiger partial charge < -0.3 is 4.74 Å². The highest BCUT2D eigenvalue weighted by Gasteiger charge is 2.33. The van der Waals surface area contributed by atoms with Crippen LogP contribution in [0.4, 0.5) is 17.1 Å². The van der Waals surface area contributed by atoms with Crippen LogP contribution in [0.1, 0.15) is 5.56 Å². The van der Waals surface area contributed by atoms with Crippen molar-refractivity contribution in [2.45, 2.75) is 0 Å². The van der Waals surface area contributed by atoms with E-state index in [9.17, 15) is 25.0 Å². The van der Waals surface area contributed by atoms with Crippen LogP contribution in [-0.4, -0.2) is 20.1 Å². The van der Waals surface area contributed by atoms with E-state index < -0.39 is 21.2 Å². The predicted molar refractivity (Wildman–Crippen MR) is 136 cm³/mol. The van der Waals surface area contributed by atoms with Gasteiger partial charge in [-0.1, -0.05) is 52.0 Å². The van der Waals surface area contributed by atoms with E-state index in [1.807, 2.05) is 12.1 Å². The molecule has 0 spiro atoms. The molecule has 3 aromatic rings. The topological polar surface area (TPSA) is 116 Å². The van der Waals surface area contributed by atoms with Crippen molar-refractivity contribution in [1.82, 2.24) is 0 Å². The number of non-ortho nitro benzene ring substituents is 1. The number of hydrogen-bond donors (Lipinski definition) is 0. The monoisotopic (exact) mass is 557 g/mol.